The predicted octanol–water partition coefficient (Wildman–Crippen LogP) is 9.12. The molecule has 2 aromatic carbocycles. The number of hydrogen-bond donors (Lipinski definition) is 2. The quantitative estimate of drug-likeness (QED) is 0.377. The highest BCUT2D eigenvalue weighted by Gasteiger charge is 2.27. The molecule has 0 aliphatic rings. The summed E-state index contributed by atoms with van der Waals surface area (Å²) in [6.45, 7) is 33.7. The first-order valence-electron chi connectivity index (χ1n) is 13.9. The molecule has 0 saturated heterocycles. The molecule has 0 fully saturated rings. The van der Waals surface area contributed by atoms with E-state index in [9.17, 15) is 10.2 Å². The predicted molar refractivity (Wildman–Crippen MR) is 169 cm³/mol. The fourth-order valence-corrected chi connectivity index (χ4v) is 4.13. The maximum Gasteiger partial charge on any atom is 0.128 e. The van der Waals surface area contributed by atoms with E-state index < -0.39 is 5.54 Å². The van der Waals surface area contributed by atoms with Gasteiger partial charge in [-0.3, -0.25) is 9.98 Å². The van der Waals surface area contributed by atoms with Gasteiger partial charge in [-0.25, -0.2) is 0 Å². The van der Waals surface area contributed by atoms with Crippen LogP contribution in [-0.2, 0) is 21.7 Å². The minimum Gasteiger partial charge on any atom is -0.507 e. The van der Waals surface area contributed by atoms with Crippen LogP contribution in [0.25, 0.3) is 0 Å². The molecule has 2 N–H and O–H groups in total. The molecule has 0 saturated carbocycles. The van der Waals surface area contributed by atoms with Gasteiger partial charge in [-0.1, -0.05) is 102 Å². The van der Waals surface area contributed by atoms with E-state index >= 15 is 0 Å². The lowest BCUT2D eigenvalue weighted by atomic mass is 9.79. The first kappa shape index (κ1) is 32.3. The molecule has 0 amide bonds. The van der Waals surface area contributed by atoms with Gasteiger partial charge in [-0.2, -0.15) is 0 Å². The van der Waals surface area contributed by atoms with Crippen molar-refractivity contribution in [3.63, 3.8) is 0 Å². The van der Waals surface area contributed by atoms with Crippen molar-refractivity contribution >= 4 is 12.4 Å². The van der Waals surface area contributed by atoms with Crippen LogP contribution in [-0.4, -0.2) is 28.2 Å². The van der Waals surface area contributed by atoms with E-state index in [1.807, 2.05) is 26.0 Å². The van der Waals surface area contributed by atoms with Crippen molar-refractivity contribution in [3.8, 4) is 11.5 Å². The van der Waals surface area contributed by atoms with Crippen molar-refractivity contribution < 1.29 is 10.2 Å². The first-order valence-corrected chi connectivity index (χ1v) is 13.9. The van der Waals surface area contributed by atoms with Crippen LogP contribution in [0, 0.1) is 0 Å². The SMILES string of the molecule is C=C(/N=C/c1cc(C(C)(C)C)cc(C(C)(C)C)c1O)C(C)(C)/N=C/c1cc(C(C)(C)C)cc(C(C)(C)C)c1O. The molecule has 214 valence electrons. The lowest BCUT2D eigenvalue weighted by molar-refractivity contribution is 0.443. The summed E-state index contributed by atoms with van der Waals surface area (Å²) in [4.78, 5) is 9.49. The number of nitrogens with zero attached hydrogens (tertiary/aromatic N) is 2. The van der Waals surface area contributed by atoms with E-state index in [2.05, 4.69) is 107 Å². The van der Waals surface area contributed by atoms with Crippen LogP contribution in [0.15, 0.2) is 46.5 Å². The molecule has 0 aromatic heterocycles. The summed E-state index contributed by atoms with van der Waals surface area (Å²) in [6, 6.07) is 8.22. The second-order valence-corrected chi connectivity index (χ2v) is 15.4. The monoisotopic (exact) mass is 532 g/mol. The average Bonchev–Trinajstić information content (AvgIpc) is 2.74. The van der Waals surface area contributed by atoms with E-state index in [-0.39, 0.29) is 33.2 Å². The molecule has 0 spiro atoms. The molecular formula is C35H52N2O2. The minimum absolute atomic E-state index is 0.0742. The largest absolute Gasteiger partial charge is 0.507 e. The molecule has 2 rings (SSSR count). The summed E-state index contributed by atoms with van der Waals surface area (Å²) in [5, 5.41) is 22.3. The molecule has 0 aliphatic carbocycles. The van der Waals surface area contributed by atoms with E-state index in [4.69, 9.17) is 4.99 Å². The molecule has 4 nitrogen and oxygen atoms in total. The topological polar surface area (TPSA) is 65.2 Å². The zero-order valence-electron chi connectivity index (χ0n) is 27.0. The second-order valence-electron chi connectivity index (χ2n) is 15.4. The summed E-state index contributed by atoms with van der Waals surface area (Å²) in [5.41, 5.74) is 4.66. The normalized spacial score (nSPS) is 14.0. The van der Waals surface area contributed by atoms with Crippen molar-refractivity contribution in [3.05, 3.63) is 69.9 Å². The van der Waals surface area contributed by atoms with Gasteiger partial charge in [-0.15, -0.1) is 0 Å². The first-order chi connectivity index (χ1) is 17.4. The Morgan fingerprint density at radius 2 is 0.949 bits per heavy atom. The Labute approximate surface area is 238 Å². The van der Waals surface area contributed by atoms with E-state index in [0.29, 0.717) is 16.8 Å². The number of aromatic hydroxyl groups is 2. The Hall–Kier alpha value is -2.88. The standard InChI is InChI=1S/C35H52N2O2/c1-22(36-20-23-16-25(31(2,3)4)18-27(29(23)38)33(8,9)10)35(14,15)37-21-24-17-26(32(5,6)7)19-28(30(24)39)34(11,12)13/h16-21,38-39H,1H2,2-15H3/b36-20+,37-21+. The molecular weight excluding hydrogens is 480 g/mol. The van der Waals surface area contributed by atoms with Gasteiger partial charge >= 0.3 is 0 Å². The highest BCUT2D eigenvalue weighted by atomic mass is 16.3. The van der Waals surface area contributed by atoms with Gasteiger partial charge in [-0.05, 0) is 58.8 Å². The Morgan fingerprint density at radius 1 is 0.590 bits per heavy atom. The van der Waals surface area contributed by atoms with Crippen LogP contribution < -0.4 is 0 Å². The van der Waals surface area contributed by atoms with Crippen molar-refractivity contribution in [1.29, 1.82) is 0 Å². The number of phenols is 2. The van der Waals surface area contributed by atoms with Gasteiger partial charge in [0.25, 0.3) is 0 Å². The molecule has 39 heavy (non-hydrogen) atoms. The zero-order valence-corrected chi connectivity index (χ0v) is 27.0. The summed E-state index contributed by atoms with van der Waals surface area (Å²) < 4.78 is 0. The average molecular weight is 533 g/mol. The molecule has 2 aromatic rings. The maximum absolute atomic E-state index is 11.1. The third-order valence-corrected chi connectivity index (χ3v) is 7.22. The lowest BCUT2D eigenvalue weighted by Gasteiger charge is -2.27. The van der Waals surface area contributed by atoms with Crippen LogP contribution in [0.3, 0.4) is 0 Å². The van der Waals surface area contributed by atoms with E-state index in [0.717, 1.165) is 22.3 Å². The maximum atomic E-state index is 11.1. The van der Waals surface area contributed by atoms with Gasteiger partial charge in [0.1, 0.15) is 11.5 Å². The Bertz CT molecular complexity index is 1280. The fraction of sp³-hybridized carbons (Fsp3) is 0.543. The molecule has 0 atom stereocenters. The second kappa shape index (κ2) is 10.6. The minimum atomic E-state index is -0.729. The Kier molecular flexibility index (Phi) is 8.78. The highest BCUT2D eigenvalue weighted by Crippen LogP contribution is 2.39. The summed E-state index contributed by atoms with van der Waals surface area (Å²) in [7, 11) is 0. The fourth-order valence-electron chi connectivity index (χ4n) is 4.13. The smallest absolute Gasteiger partial charge is 0.128 e. The van der Waals surface area contributed by atoms with Crippen LogP contribution in [0.1, 0.15) is 130 Å². The number of rotatable bonds is 5. The Morgan fingerprint density at radius 3 is 1.28 bits per heavy atom. The van der Waals surface area contributed by atoms with Crippen LogP contribution in [0.5, 0.6) is 11.5 Å². The number of hydrogen-bond acceptors (Lipinski definition) is 4. The van der Waals surface area contributed by atoms with Crippen LogP contribution in [0.2, 0.25) is 0 Å². The highest BCUT2D eigenvalue weighted by molar-refractivity contribution is 5.87. The van der Waals surface area contributed by atoms with Gasteiger partial charge in [0.2, 0.25) is 0 Å². The van der Waals surface area contributed by atoms with Crippen molar-refractivity contribution in [1.82, 2.24) is 0 Å². The lowest BCUT2D eigenvalue weighted by Crippen LogP contribution is -2.20. The van der Waals surface area contributed by atoms with Crippen molar-refractivity contribution in [2.75, 3.05) is 0 Å². The zero-order chi connectivity index (χ0) is 30.4. The molecule has 4 heteroatoms. The number of aliphatic imine (C=N–C) groups is 2. The third kappa shape index (κ3) is 7.84. The molecule has 0 unspecified atom stereocenters. The van der Waals surface area contributed by atoms with Crippen molar-refractivity contribution in [2.45, 2.75) is 124 Å². The van der Waals surface area contributed by atoms with E-state index in [1.165, 1.54) is 0 Å². The molecule has 0 radical (unpaired) electrons. The third-order valence-electron chi connectivity index (χ3n) is 7.22. The molecule has 0 aliphatic heterocycles. The number of benzene rings is 2. The number of phenolic OH excluding ortho intramolecular Hbond substituents is 2. The van der Waals surface area contributed by atoms with Gasteiger partial charge in [0.15, 0.2) is 0 Å². The Balaban J connectivity index is 2.51. The molecule has 0 heterocycles. The van der Waals surface area contributed by atoms with Crippen LogP contribution in [0.4, 0.5) is 0 Å². The van der Waals surface area contributed by atoms with E-state index in [1.54, 1.807) is 12.4 Å². The summed E-state index contributed by atoms with van der Waals surface area (Å²) >= 11 is 0. The van der Waals surface area contributed by atoms with Crippen molar-refractivity contribution in [2.24, 2.45) is 9.98 Å². The molecule has 0 bridgehead atoms. The van der Waals surface area contributed by atoms with Crippen LogP contribution >= 0.6 is 0 Å². The van der Waals surface area contributed by atoms with Gasteiger partial charge in [0, 0.05) is 34.7 Å². The van der Waals surface area contributed by atoms with Gasteiger partial charge < -0.3 is 10.2 Å². The summed E-state index contributed by atoms with van der Waals surface area (Å²) in [6.07, 6.45) is 3.42. The summed E-state index contributed by atoms with van der Waals surface area (Å²) in [5.74, 6) is 0.495. The van der Waals surface area contributed by atoms with Gasteiger partial charge in [0.05, 0.1) is 11.2 Å².